The molecule has 1 amide bonds. The van der Waals surface area contributed by atoms with E-state index in [9.17, 15) is 4.79 Å². The molecule has 0 aromatic carbocycles. The highest BCUT2D eigenvalue weighted by Crippen LogP contribution is 2.22. The van der Waals surface area contributed by atoms with E-state index >= 15 is 0 Å². The van der Waals surface area contributed by atoms with Crippen LogP contribution in [0.4, 0.5) is 0 Å². The van der Waals surface area contributed by atoms with Crippen LogP contribution in [-0.4, -0.2) is 61.6 Å². The lowest BCUT2D eigenvalue weighted by atomic mass is 10.0. The number of amides is 1. The van der Waals surface area contributed by atoms with Crippen molar-refractivity contribution >= 4 is 17.7 Å². The molecule has 104 valence electrons. The van der Waals surface area contributed by atoms with Gasteiger partial charge in [-0.3, -0.25) is 4.79 Å². The maximum atomic E-state index is 11.9. The molecule has 0 radical (unpaired) electrons. The number of carbonyl (C=O) groups is 1. The van der Waals surface area contributed by atoms with E-state index in [1.165, 1.54) is 0 Å². The molecule has 2 saturated heterocycles. The molecule has 2 aliphatic heterocycles. The molecule has 0 atom stereocenters. The Morgan fingerprint density at radius 1 is 1.28 bits per heavy atom. The van der Waals surface area contributed by atoms with Gasteiger partial charge in [0, 0.05) is 38.6 Å². The molecule has 0 bridgehead atoms. The van der Waals surface area contributed by atoms with Gasteiger partial charge in [-0.25, -0.2) is 0 Å². The average Bonchev–Trinajstić information content (AvgIpc) is 2.45. The first kappa shape index (κ1) is 14.2. The van der Waals surface area contributed by atoms with Gasteiger partial charge in [-0.15, -0.1) is 0 Å². The fourth-order valence-electron chi connectivity index (χ4n) is 2.55. The second kappa shape index (κ2) is 8.02. The number of nitrogens with zero attached hydrogens (tertiary/aromatic N) is 1. The van der Waals surface area contributed by atoms with E-state index in [2.05, 4.69) is 15.5 Å². The second-order valence-corrected chi connectivity index (χ2v) is 6.35. The van der Waals surface area contributed by atoms with Gasteiger partial charge < -0.3 is 15.5 Å². The van der Waals surface area contributed by atoms with Crippen LogP contribution in [0.15, 0.2) is 0 Å². The van der Waals surface area contributed by atoms with Crippen LogP contribution in [0.25, 0.3) is 0 Å². The van der Waals surface area contributed by atoms with Crippen LogP contribution >= 0.6 is 11.8 Å². The number of nitrogens with one attached hydrogen (secondary N) is 2. The Morgan fingerprint density at radius 3 is 2.72 bits per heavy atom. The van der Waals surface area contributed by atoms with Gasteiger partial charge in [0.1, 0.15) is 0 Å². The fourth-order valence-corrected chi connectivity index (χ4v) is 3.66. The topological polar surface area (TPSA) is 44.4 Å². The largest absolute Gasteiger partial charge is 0.356 e. The van der Waals surface area contributed by atoms with Crippen LogP contribution < -0.4 is 10.6 Å². The van der Waals surface area contributed by atoms with Gasteiger partial charge in [-0.2, -0.15) is 11.8 Å². The van der Waals surface area contributed by atoms with Crippen molar-refractivity contribution in [3.63, 3.8) is 0 Å². The lowest BCUT2D eigenvalue weighted by Crippen LogP contribution is -2.44. The predicted octanol–water partition coefficient (Wildman–Crippen LogP) is 0.541. The summed E-state index contributed by atoms with van der Waals surface area (Å²) >= 11 is 1.97. The summed E-state index contributed by atoms with van der Waals surface area (Å²) in [5.74, 6) is 2.87. The first-order chi connectivity index (χ1) is 8.86. The van der Waals surface area contributed by atoms with E-state index in [0.717, 1.165) is 70.0 Å². The normalized spacial score (nSPS) is 22.9. The van der Waals surface area contributed by atoms with Gasteiger partial charge in [-0.1, -0.05) is 0 Å². The first-order valence-electron chi connectivity index (χ1n) is 7.15. The molecule has 2 N–H and O–H groups in total. The Balaban J connectivity index is 1.52. The summed E-state index contributed by atoms with van der Waals surface area (Å²) in [4.78, 5) is 14.4. The zero-order valence-corrected chi connectivity index (χ0v) is 11.9. The zero-order valence-electron chi connectivity index (χ0n) is 11.1. The summed E-state index contributed by atoms with van der Waals surface area (Å²) < 4.78 is 0. The van der Waals surface area contributed by atoms with Crippen molar-refractivity contribution in [2.24, 2.45) is 5.92 Å². The molecule has 0 aliphatic carbocycles. The van der Waals surface area contributed by atoms with Gasteiger partial charge in [-0.05, 0) is 37.3 Å². The Labute approximate surface area is 114 Å². The number of hydrogen-bond donors (Lipinski definition) is 2. The smallest absolute Gasteiger partial charge is 0.223 e. The minimum atomic E-state index is 0.283. The van der Waals surface area contributed by atoms with E-state index in [0.29, 0.717) is 0 Å². The fraction of sp³-hybridized carbons (Fsp3) is 0.923. The molecule has 2 aliphatic rings. The number of thioether (sulfide) groups is 1. The van der Waals surface area contributed by atoms with Crippen molar-refractivity contribution in [1.82, 2.24) is 15.5 Å². The number of piperazine rings is 1. The molecule has 18 heavy (non-hydrogen) atoms. The summed E-state index contributed by atoms with van der Waals surface area (Å²) in [6.07, 6.45) is 3.20. The third kappa shape index (κ3) is 4.78. The molecular formula is C13H25N3OS. The Kier molecular flexibility index (Phi) is 6.31. The average molecular weight is 271 g/mol. The highest BCUT2D eigenvalue weighted by Gasteiger charge is 2.20. The molecule has 5 heteroatoms. The zero-order chi connectivity index (χ0) is 12.6. The lowest BCUT2D eigenvalue weighted by molar-refractivity contribution is -0.125. The van der Waals surface area contributed by atoms with Crippen molar-refractivity contribution < 1.29 is 4.79 Å². The van der Waals surface area contributed by atoms with E-state index in [1.807, 2.05) is 11.8 Å². The molecule has 2 fully saturated rings. The Bertz CT molecular complexity index is 251. The van der Waals surface area contributed by atoms with Crippen LogP contribution in [0.2, 0.25) is 0 Å². The first-order valence-corrected chi connectivity index (χ1v) is 8.30. The molecule has 0 aromatic heterocycles. The summed E-state index contributed by atoms with van der Waals surface area (Å²) in [6, 6.07) is 0. The van der Waals surface area contributed by atoms with Crippen LogP contribution in [0.1, 0.15) is 19.3 Å². The van der Waals surface area contributed by atoms with E-state index in [-0.39, 0.29) is 11.8 Å². The third-order valence-electron chi connectivity index (χ3n) is 3.75. The predicted molar refractivity (Wildman–Crippen MR) is 77.0 cm³/mol. The SMILES string of the molecule is O=C(NCCCN1CCNCC1)C1CCSCC1. The van der Waals surface area contributed by atoms with Crippen LogP contribution in [0.5, 0.6) is 0 Å². The van der Waals surface area contributed by atoms with Gasteiger partial charge in [0.25, 0.3) is 0 Å². The number of rotatable bonds is 5. The summed E-state index contributed by atoms with van der Waals surface area (Å²) in [7, 11) is 0. The highest BCUT2D eigenvalue weighted by atomic mass is 32.2. The second-order valence-electron chi connectivity index (χ2n) is 5.12. The van der Waals surface area contributed by atoms with Gasteiger partial charge in [0.15, 0.2) is 0 Å². The maximum Gasteiger partial charge on any atom is 0.223 e. The number of hydrogen-bond acceptors (Lipinski definition) is 4. The van der Waals surface area contributed by atoms with Crippen molar-refractivity contribution in [3.05, 3.63) is 0 Å². The van der Waals surface area contributed by atoms with Crippen LogP contribution in [0, 0.1) is 5.92 Å². The standard InChI is InChI=1S/C13H25N3OS/c17-13(12-2-10-18-11-3-12)15-4-1-7-16-8-5-14-6-9-16/h12,14H,1-11H2,(H,15,17). The molecule has 0 unspecified atom stereocenters. The van der Waals surface area contributed by atoms with Gasteiger partial charge in [0.2, 0.25) is 5.91 Å². The summed E-state index contributed by atoms with van der Waals surface area (Å²) in [5, 5.41) is 6.45. The van der Waals surface area contributed by atoms with Crippen LogP contribution in [-0.2, 0) is 4.79 Å². The summed E-state index contributed by atoms with van der Waals surface area (Å²) in [5.41, 5.74) is 0. The highest BCUT2D eigenvalue weighted by molar-refractivity contribution is 7.99. The molecule has 2 rings (SSSR count). The molecule has 2 heterocycles. The minimum Gasteiger partial charge on any atom is -0.356 e. The van der Waals surface area contributed by atoms with Crippen molar-refractivity contribution in [1.29, 1.82) is 0 Å². The monoisotopic (exact) mass is 271 g/mol. The number of carbonyl (C=O) groups excluding carboxylic acids is 1. The van der Waals surface area contributed by atoms with Crippen molar-refractivity contribution in [3.8, 4) is 0 Å². The van der Waals surface area contributed by atoms with E-state index < -0.39 is 0 Å². The lowest BCUT2D eigenvalue weighted by Gasteiger charge is -2.27. The van der Waals surface area contributed by atoms with E-state index in [4.69, 9.17) is 0 Å². The maximum absolute atomic E-state index is 11.9. The van der Waals surface area contributed by atoms with Crippen molar-refractivity contribution in [2.75, 3.05) is 50.8 Å². The minimum absolute atomic E-state index is 0.283. The quantitative estimate of drug-likeness (QED) is 0.717. The van der Waals surface area contributed by atoms with Gasteiger partial charge in [0.05, 0.1) is 0 Å². The summed E-state index contributed by atoms with van der Waals surface area (Å²) in [6.45, 7) is 6.45. The molecule has 0 saturated carbocycles. The molecule has 4 nitrogen and oxygen atoms in total. The molecule has 0 spiro atoms. The van der Waals surface area contributed by atoms with E-state index in [1.54, 1.807) is 0 Å². The Hall–Kier alpha value is -0.260. The molecular weight excluding hydrogens is 246 g/mol. The van der Waals surface area contributed by atoms with Crippen molar-refractivity contribution in [2.45, 2.75) is 19.3 Å². The third-order valence-corrected chi connectivity index (χ3v) is 4.80. The van der Waals surface area contributed by atoms with Gasteiger partial charge >= 0.3 is 0 Å². The Morgan fingerprint density at radius 2 is 2.00 bits per heavy atom. The molecule has 0 aromatic rings. The van der Waals surface area contributed by atoms with Crippen LogP contribution in [0.3, 0.4) is 0 Å².